The van der Waals surface area contributed by atoms with E-state index >= 15 is 0 Å². The molecular formula is C23H23N5O5. The molecule has 0 saturated carbocycles. The van der Waals surface area contributed by atoms with Crippen molar-refractivity contribution < 1.29 is 19.2 Å². The van der Waals surface area contributed by atoms with E-state index in [1.165, 1.54) is 26.4 Å². The van der Waals surface area contributed by atoms with E-state index in [-0.39, 0.29) is 22.7 Å². The fourth-order valence-electron chi connectivity index (χ4n) is 3.75. The van der Waals surface area contributed by atoms with Crippen molar-refractivity contribution in [2.24, 2.45) is 0 Å². The number of hydrogen-bond donors (Lipinski definition) is 1. The van der Waals surface area contributed by atoms with Crippen molar-refractivity contribution in [3.63, 3.8) is 0 Å². The summed E-state index contributed by atoms with van der Waals surface area (Å²) >= 11 is 0. The topological polar surface area (TPSA) is 120 Å². The van der Waals surface area contributed by atoms with E-state index in [9.17, 15) is 14.9 Å². The Morgan fingerprint density at radius 1 is 1.03 bits per heavy atom. The fourth-order valence-corrected chi connectivity index (χ4v) is 3.75. The lowest BCUT2D eigenvalue weighted by atomic mass is 10.1. The van der Waals surface area contributed by atoms with Gasteiger partial charge in [0.2, 0.25) is 0 Å². The minimum atomic E-state index is -0.643. The monoisotopic (exact) mass is 449 g/mol. The van der Waals surface area contributed by atoms with Crippen LogP contribution in [0.4, 0.5) is 17.2 Å². The van der Waals surface area contributed by atoms with Gasteiger partial charge in [0.25, 0.3) is 11.6 Å². The third-order valence-corrected chi connectivity index (χ3v) is 5.44. The molecule has 1 amide bonds. The predicted octanol–water partition coefficient (Wildman–Crippen LogP) is 3.92. The van der Waals surface area contributed by atoms with E-state index in [2.05, 4.69) is 20.4 Å². The van der Waals surface area contributed by atoms with Gasteiger partial charge < -0.3 is 19.7 Å². The highest BCUT2D eigenvalue weighted by molar-refractivity contribution is 6.07. The second-order valence-electron chi connectivity index (χ2n) is 7.49. The van der Waals surface area contributed by atoms with E-state index in [1.807, 2.05) is 18.2 Å². The molecule has 4 rings (SSSR count). The molecule has 1 saturated heterocycles. The minimum Gasteiger partial charge on any atom is -0.493 e. The number of nitro benzene ring substituents is 1. The average molecular weight is 449 g/mol. The molecule has 2 heterocycles. The smallest absolute Gasteiger partial charge is 0.286 e. The maximum absolute atomic E-state index is 12.9. The molecule has 170 valence electrons. The van der Waals surface area contributed by atoms with E-state index in [1.54, 1.807) is 18.2 Å². The second kappa shape index (κ2) is 9.51. The van der Waals surface area contributed by atoms with Crippen molar-refractivity contribution in [3.05, 3.63) is 64.2 Å². The number of carbonyl (C=O) groups is 1. The van der Waals surface area contributed by atoms with Crippen molar-refractivity contribution in [3.8, 4) is 22.8 Å². The van der Waals surface area contributed by atoms with Gasteiger partial charge in [0.05, 0.1) is 30.9 Å². The Hall–Kier alpha value is -4.21. The van der Waals surface area contributed by atoms with Crippen LogP contribution in [0.5, 0.6) is 11.5 Å². The Labute approximate surface area is 190 Å². The Morgan fingerprint density at radius 2 is 1.76 bits per heavy atom. The molecule has 0 atom stereocenters. The summed E-state index contributed by atoms with van der Waals surface area (Å²) in [7, 11) is 2.76. The van der Waals surface area contributed by atoms with Gasteiger partial charge in [0.1, 0.15) is 5.56 Å². The number of nitro groups is 1. The van der Waals surface area contributed by atoms with E-state index < -0.39 is 10.8 Å². The summed E-state index contributed by atoms with van der Waals surface area (Å²) < 4.78 is 10.3. The number of nitrogens with zero attached hydrogens (tertiary/aromatic N) is 4. The van der Waals surface area contributed by atoms with Gasteiger partial charge in [0.15, 0.2) is 17.3 Å². The highest BCUT2D eigenvalue weighted by Gasteiger charge is 2.25. The first-order valence-corrected chi connectivity index (χ1v) is 10.4. The number of carbonyl (C=O) groups excluding carboxylic acids is 1. The molecule has 0 aliphatic carbocycles. The summed E-state index contributed by atoms with van der Waals surface area (Å²) in [6.07, 6.45) is 2.31. The number of rotatable bonds is 7. The lowest BCUT2D eigenvalue weighted by molar-refractivity contribution is -0.385. The fraction of sp³-hybridized carbons (Fsp3) is 0.261. The highest BCUT2D eigenvalue weighted by Crippen LogP contribution is 2.35. The van der Waals surface area contributed by atoms with Crippen LogP contribution in [0.1, 0.15) is 23.2 Å². The molecule has 10 heteroatoms. The number of benzene rings is 2. The standard InChI is InChI=1S/C23H23N5O5/c1-32-20-13-17(19(28(30)31)14-21(20)33-2)23(29)24-16-7-5-6-15(12-16)18-8-9-22(26-25-18)27-10-3-4-11-27/h5-9,12-14H,3-4,10-11H2,1-2H3,(H,24,29). The molecular weight excluding hydrogens is 426 g/mol. The highest BCUT2D eigenvalue weighted by atomic mass is 16.6. The molecule has 1 aliphatic heterocycles. The molecule has 1 aromatic heterocycles. The van der Waals surface area contributed by atoms with Crippen LogP contribution < -0.4 is 19.7 Å². The Morgan fingerprint density at radius 3 is 2.39 bits per heavy atom. The van der Waals surface area contributed by atoms with Gasteiger partial charge in [-0.1, -0.05) is 12.1 Å². The normalized spacial score (nSPS) is 13.0. The van der Waals surface area contributed by atoms with E-state index in [0.717, 1.165) is 37.3 Å². The number of ether oxygens (including phenoxy) is 2. The molecule has 0 spiro atoms. The van der Waals surface area contributed by atoms with Crippen LogP contribution in [0.2, 0.25) is 0 Å². The zero-order valence-electron chi connectivity index (χ0n) is 18.3. The summed E-state index contributed by atoms with van der Waals surface area (Å²) in [5.41, 5.74) is 1.36. The molecule has 33 heavy (non-hydrogen) atoms. The van der Waals surface area contributed by atoms with Crippen LogP contribution in [-0.4, -0.2) is 48.3 Å². The first-order chi connectivity index (χ1) is 16.0. The lowest BCUT2D eigenvalue weighted by Gasteiger charge is -2.15. The number of nitrogens with one attached hydrogen (secondary N) is 1. The molecule has 1 aliphatic rings. The molecule has 0 radical (unpaired) electrons. The van der Waals surface area contributed by atoms with Gasteiger partial charge in [-0.2, -0.15) is 0 Å². The van der Waals surface area contributed by atoms with Gasteiger partial charge in [-0.3, -0.25) is 14.9 Å². The Kier molecular flexibility index (Phi) is 6.34. The number of amides is 1. The maximum atomic E-state index is 12.9. The van der Waals surface area contributed by atoms with Gasteiger partial charge in [-0.25, -0.2) is 0 Å². The Balaban J connectivity index is 1.57. The van der Waals surface area contributed by atoms with Crippen molar-refractivity contribution in [1.82, 2.24) is 10.2 Å². The zero-order chi connectivity index (χ0) is 23.4. The van der Waals surface area contributed by atoms with Crippen LogP contribution in [0, 0.1) is 10.1 Å². The van der Waals surface area contributed by atoms with Crippen LogP contribution in [0.25, 0.3) is 11.3 Å². The second-order valence-corrected chi connectivity index (χ2v) is 7.49. The number of methoxy groups -OCH3 is 2. The summed E-state index contributed by atoms with van der Waals surface area (Å²) in [5, 5.41) is 22.9. The summed E-state index contributed by atoms with van der Waals surface area (Å²) in [5.74, 6) is 0.589. The summed E-state index contributed by atoms with van der Waals surface area (Å²) in [6.45, 7) is 1.97. The third kappa shape index (κ3) is 4.69. The first-order valence-electron chi connectivity index (χ1n) is 10.4. The molecule has 2 aromatic carbocycles. The number of hydrogen-bond acceptors (Lipinski definition) is 8. The van der Waals surface area contributed by atoms with Crippen molar-refractivity contribution >= 4 is 23.1 Å². The number of anilines is 2. The van der Waals surface area contributed by atoms with Crippen LogP contribution >= 0.6 is 0 Å². The predicted molar refractivity (Wildman–Crippen MR) is 123 cm³/mol. The SMILES string of the molecule is COc1cc(C(=O)Nc2cccc(-c3ccc(N4CCCC4)nn3)c2)c([N+](=O)[O-])cc1OC. The van der Waals surface area contributed by atoms with Gasteiger partial charge in [-0.15, -0.1) is 10.2 Å². The molecule has 0 bridgehead atoms. The van der Waals surface area contributed by atoms with Crippen molar-refractivity contribution in [2.75, 3.05) is 37.5 Å². The Bertz CT molecular complexity index is 1180. The van der Waals surface area contributed by atoms with Crippen LogP contribution in [0.15, 0.2) is 48.5 Å². The van der Waals surface area contributed by atoms with E-state index in [0.29, 0.717) is 11.4 Å². The van der Waals surface area contributed by atoms with Gasteiger partial charge in [0, 0.05) is 30.4 Å². The quantitative estimate of drug-likeness (QED) is 0.426. The molecule has 10 nitrogen and oxygen atoms in total. The third-order valence-electron chi connectivity index (χ3n) is 5.44. The first kappa shape index (κ1) is 22.0. The molecule has 3 aromatic rings. The number of aromatic nitrogens is 2. The molecule has 1 fully saturated rings. The van der Waals surface area contributed by atoms with Crippen LogP contribution in [-0.2, 0) is 0 Å². The van der Waals surface area contributed by atoms with Gasteiger partial charge >= 0.3 is 0 Å². The summed E-state index contributed by atoms with van der Waals surface area (Å²) in [4.78, 5) is 26.0. The van der Waals surface area contributed by atoms with Crippen molar-refractivity contribution in [2.45, 2.75) is 12.8 Å². The zero-order valence-corrected chi connectivity index (χ0v) is 18.3. The summed E-state index contributed by atoms with van der Waals surface area (Å²) in [6, 6.07) is 13.3. The molecule has 1 N–H and O–H groups in total. The van der Waals surface area contributed by atoms with Crippen LogP contribution in [0.3, 0.4) is 0 Å². The average Bonchev–Trinajstić information content (AvgIpc) is 3.38. The van der Waals surface area contributed by atoms with E-state index in [4.69, 9.17) is 9.47 Å². The maximum Gasteiger partial charge on any atom is 0.286 e. The minimum absolute atomic E-state index is 0.141. The molecule has 0 unspecified atom stereocenters. The lowest BCUT2D eigenvalue weighted by Crippen LogP contribution is -2.19. The van der Waals surface area contributed by atoms with Crippen molar-refractivity contribution in [1.29, 1.82) is 0 Å². The largest absolute Gasteiger partial charge is 0.493 e. The van der Waals surface area contributed by atoms with Gasteiger partial charge in [-0.05, 0) is 37.1 Å².